The predicted octanol–water partition coefficient (Wildman–Crippen LogP) is 2.24. The Labute approximate surface area is 110 Å². The average Bonchev–Trinajstić information content (AvgIpc) is 2.64. The number of aromatic nitrogens is 2. The monoisotopic (exact) mass is 266 g/mol. The fourth-order valence-electron chi connectivity index (χ4n) is 2.00. The fraction of sp³-hybridized carbons (Fsp3) is 0.538. The molecule has 0 atom stereocenters. The zero-order valence-electron chi connectivity index (χ0n) is 10.8. The first-order valence-electron chi connectivity index (χ1n) is 6.21. The summed E-state index contributed by atoms with van der Waals surface area (Å²) >= 11 is 1.58. The van der Waals surface area contributed by atoms with Crippen LogP contribution in [0.4, 0.5) is 0 Å². The van der Waals surface area contributed by atoms with Gasteiger partial charge in [-0.1, -0.05) is 0 Å². The van der Waals surface area contributed by atoms with Gasteiger partial charge in [0.05, 0.1) is 11.7 Å². The van der Waals surface area contributed by atoms with Crippen molar-refractivity contribution in [1.82, 2.24) is 9.55 Å². The van der Waals surface area contributed by atoms with Gasteiger partial charge in [-0.2, -0.15) is 0 Å². The summed E-state index contributed by atoms with van der Waals surface area (Å²) in [4.78, 5) is 18.7. The number of unbranched alkanes of at least 4 members (excludes halogenated alkanes) is 2. The molecule has 0 bridgehead atoms. The Bertz CT molecular complexity index is 601. The molecule has 1 N–H and O–H groups in total. The van der Waals surface area contributed by atoms with Crippen LogP contribution in [-0.4, -0.2) is 21.3 Å². The van der Waals surface area contributed by atoms with Gasteiger partial charge in [-0.15, -0.1) is 11.3 Å². The second-order valence-corrected chi connectivity index (χ2v) is 5.69. The highest BCUT2D eigenvalue weighted by atomic mass is 32.1. The van der Waals surface area contributed by atoms with Crippen LogP contribution in [0.1, 0.15) is 29.7 Å². The van der Waals surface area contributed by atoms with Crippen LogP contribution in [-0.2, 0) is 6.54 Å². The van der Waals surface area contributed by atoms with E-state index in [0.717, 1.165) is 39.9 Å². The minimum absolute atomic E-state index is 0.0610. The first kappa shape index (κ1) is 13.2. The van der Waals surface area contributed by atoms with E-state index in [2.05, 4.69) is 4.98 Å². The van der Waals surface area contributed by atoms with Crippen LogP contribution in [0.2, 0.25) is 0 Å². The number of aryl methyl sites for hydroxylation is 3. The van der Waals surface area contributed by atoms with Crippen molar-refractivity contribution in [1.29, 1.82) is 0 Å². The smallest absolute Gasteiger partial charge is 0.262 e. The van der Waals surface area contributed by atoms with E-state index < -0.39 is 0 Å². The Morgan fingerprint density at radius 3 is 2.83 bits per heavy atom. The molecule has 18 heavy (non-hydrogen) atoms. The third-order valence-electron chi connectivity index (χ3n) is 3.21. The van der Waals surface area contributed by atoms with Crippen molar-refractivity contribution >= 4 is 21.6 Å². The van der Waals surface area contributed by atoms with Gasteiger partial charge < -0.3 is 5.11 Å². The number of hydrogen-bond donors (Lipinski definition) is 1. The van der Waals surface area contributed by atoms with Crippen molar-refractivity contribution in [2.24, 2.45) is 0 Å². The van der Waals surface area contributed by atoms with Crippen LogP contribution in [0.3, 0.4) is 0 Å². The largest absolute Gasteiger partial charge is 0.396 e. The molecule has 5 heteroatoms. The van der Waals surface area contributed by atoms with Crippen molar-refractivity contribution in [3.63, 3.8) is 0 Å². The highest BCUT2D eigenvalue weighted by molar-refractivity contribution is 7.18. The van der Waals surface area contributed by atoms with Crippen molar-refractivity contribution in [3.05, 3.63) is 27.1 Å². The second-order valence-electron chi connectivity index (χ2n) is 4.49. The van der Waals surface area contributed by atoms with Crippen LogP contribution in [0.5, 0.6) is 0 Å². The molecule has 0 saturated heterocycles. The molecule has 0 saturated carbocycles. The van der Waals surface area contributed by atoms with Gasteiger partial charge in [0.15, 0.2) is 0 Å². The Morgan fingerprint density at radius 2 is 2.11 bits per heavy atom. The zero-order chi connectivity index (χ0) is 13.1. The number of nitrogens with zero attached hydrogens (tertiary/aromatic N) is 2. The summed E-state index contributed by atoms with van der Waals surface area (Å²) in [7, 11) is 0. The molecule has 0 unspecified atom stereocenters. The van der Waals surface area contributed by atoms with Crippen LogP contribution >= 0.6 is 11.3 Å². The van der Waals surface area contributed by atoms with Crippen molar-refractivity contribution in [2.75, 3.05) is 6.61 Å². The molecule has 0 aromatic carbocycles. The molecule has 0 fully saturated rings. The van der Waals surface area contributed by atoms with Crippen molar-refractivity contribution in [2.45, 2.75) is 39.7 Å². The van der Waals surface area contributed by atoms with E-state index in [1.807, 2.05) is 13.8 Å². The Kier molecular flexibility index (Phi) is 4.14. The first-order chi connectivity index (χ1) is 8.65. The molecule has 0 aliphatic carbocycles. The minimum atomic E-state index is 0.0610. The van der Waals surface area contributed by atoms with Gasteiger partial charge in [0.25, 0.3) is 5.56 Å². The van der Waals surface area contributed by atoms with Crippen LogP contribution in [0.15, 0.2) is 11.1 Å². The Hall–Kier alpha value is -1.20. The second kappa shape index (κ2) is 5.63. The summed E-state index contributed by atoms with van der Waals surface area (Å²) in [6, 6.07) is 0. The summed E-state index contributed by atoms with van der Waals surface area (Å²) < 4.78 is 1.68. The van der Waals surface area contributed by atoms with Gasteiger partial charge in [-0.3, -0.25) is 9.36 Å². The topological polar surface area (TPSA) is 55.1 Å². The van der Waals surface area contributed by atoms with Gasteiger partial charge in [0, 0.05) is 18.0 Å². The van der Waals surface area contributed by atoms with E-state index in [9.17, 15) is 4.79 Å². The molecule has 2 aromatic heterocycles. The molecule has 0 aliphatic rings. The van der Waals surface area contributed by atoms with Crippen LogP contribution < -0.4 is 5.56 Å². The highest BCUT2D eigenvalue weighted by Gasteiger charge is 2.11. The molecule has 0 amide bonds. The maximum Gasteiger partial charge on any atom is 0.262 e. The van der Waals surface area contributed by atoms with Crippen molar-refractivity contribution in [3.8, 4) is 0 Å². The van der Waals surface area contributed by atoms with E-state index in [0.29, 0.717) is 6.54 Å². The standard InChI is InChI=1S/C13H18N2O2S/c1-9-10(2)18-12-11(9)13(17)15(8-14-12)6-4-3-5-7-16/h8,16H,3-7H2,1-2H3. The lowest BCUT2D eigenvalue weighted by Gasteiger charge is -2.04. The maximum atomic E-state index is 12.3. The molecule has 98 valence electrons. The summed E-state index contributed by atoms with van der Waals surface area (Å²) in [5.74, 6) is 0. The first-order valence-corrected chi connectivity index (χ1v) is 7.02. The highest BCUT2D eigenvalue weighted by Crippen LogP contribution is 2.25. The molecule has 0 aliphatic heterocycles. The fourth-order valence-corrected chi connectivity index (χ4v) is 2.99. The van der Waals surface area contributed by atoms with Gasteiger partial charge in [-0.05, 0) is 38.7 Å². The van der Waals surface area contributed by atoms with Gasteiger partial charge in [-0.25, -0.2) is 4.98 Å². The number of thiophene rings is 1. The third kappa shape index (κ3) is 2.47. The lowest BCUT2D eigenvalue weighted by molar-refractivity contribution is 0.281. The lowest BCUT2D eigenvalue weighted by atomic mass is 10.2. The van der Waals surface area contributed by atoms with Gasteiger partial charge in [0.1, 0.15) is 4.83 Å². The number of hydrogen-bond acceptors (Lipinski definition) is 4. The minimum Gasteiger partial charge on any atom is -0.396 e. The summed E-state index contributed by atoms with van der Waals surface area (Å²) in [5.41, 5.74) is 1.11. The van der Waals surface area contributed by atoms with E-state index in [1.165, 1.54) is 0 Å². The van der Waals surface area contributed by atoms with Crippen molar-refractivity contribution < 1.29 is 5.11 Å². The number of fused-ring (bicyclic) bond motifs is 1. The summed E-state index contributed by atoms with van der Waals surface area (Å²) in [5, 5.41) is 9.48. The van der Waals surface area contributed by atoms with Gasteiger partial charge in [0.2, 0.25) is 0 Å². The molecule has 2 heterocycles. The van der Waals surface area contributed by atoms with E-state index in [4.69, 9.17) is 5.11 Å². The molecule has 2 aromatic rings. The molecular formula is C13H18N2O2S. The molecule has 0 radical (unpaired) electrons. The molecular weight excluding hydrogens is 248 g/mol. The van der Waals surface area contributed by atoms with Crippen LogP contribution in [0.25, 0.3) is 10.2 Å². The van der Waals surface area contributed by atoms with Crippen LogP contribution in [0, 0.1) is 13.8 Å². The van der Waals surface area contributed by atoms with E-state index in [-0.39, 0.29) is 12.2 Å². The SMILES string of the molecule is Cc1sc2ncn(CCCCCO)c(=O)c2c1C. The quantitative estimate of drug-likeness (QED) is 0.844. The Morgan fingerprint density at radius 1 is 1.33 bits per heavy atom. The Balaban J connectivity index is 2.27. The van der Waals surface area contributed by atoms with E-state index >= 15 is 0 Å². The maximum absolute atomic E-state index is 12.3. The average molecular weight is 266 g/mol. The third-order valence-corrected chi connectivity index (χ3v) is 4.33. The number of aliphatic hydroxyl groups is 1. The number of aliphatic hydroxyl groups excluding tert-OH is 1. The van der Waals surface area contributed by atoms with E-state index in [1.54, 1.807) is 22.2 Å². The zero-order valence-corrected chi connectivity index (χ0v) is 11.6. The summed E-state index contributed by atoms with van der Waals surface area (Å²) in [6.45, 7) is 4.89. The molecule has 2 rings (SSSR count). The predicted molar refractivity (Wildman–Crippen MR) is 74.3 cm³/mol. The van der Waals surface area contributed by atoms with Gasteiger partial charge >= 0.3 is 0 Å². The lowest BCUT2D eigenvalue weighted by Crippen LogP contribution is -2.20. The molecule has 4 nitrogen and oxygen atoms in total. The summed E-state index contributed by atoms with van der Waals surface area (Å²) in [6.07, 6.45) is 4.26. The normalized spacial score (nSPS) is 11.3. The number of rotatable bonds is 5. The molecule has 0 spiro atoms.